The summed E-state index contributed by atoms with van der Waals surface area (Å²) in [6.07, 6.45) is 8.11. The predicted molar refractivity (Wildman–Crippen MR) is 253 cm³/mol. The SMILES string of the molecule is CCCOc1ccc(C2(c3ccc(OCCC)cc3)CCc3c4c(c5cc(-c6ccc(CO)cc6OC)c(OC)cc5c3C2)-c2ccccc2C42CC(C)(C)CC(C)(C)C2)cc1. The van der Waals surface area contributed by atoms with Gasteiger partial charge in [0, 0.05) is 22.0 Å². The second-order valence-electron chi connectivity index (χ2n) is 20.0. The minimum absolute atomic E-state index is 0.0541. The Bertz CT molecular complexity index is 2550. The molecule has 5 nitrogen and oxygen atoms in total. The number of benzene rings is 6. The van der Waals surface area contributed by atoms with Gasteiger partial charge in [-0.25, -0.2) is 0 Å². The van der Waals surface area contributed by atoms with Gasteiger partial charge >= 0.3 is 0 Å². The van der Waals surface area contributed by atoms with Gasteiger partial charge in [0.1, 0.15) is 23.0 Å². The van der Waals surface area contributed by atoms with E-state index in [4.69, 9.17) is 18.9 Å². The number of rotatable bonds is 12. The van der Waals surface area contributed by atoms with E-state index in [1.54, 1.807) is 19.8 Å². The van der Waals surface area contributed by atoms with Crippen molar-refractivity contribution in [3.8, 4) is 45.3 Å². The smallest absolute Gasteiger partial charge is 0.127 e. The maximum Gasteiger partial charge on any atom is 0.127 e. The van der Waals surface area contributed by atoms with Crippen molar-refractivity contribution in [2.75, 3.05) is 27.4 Å². The molecule has 0 atom stereocenters. The molecule has 0 amide bonds. The van der Waals surface area contributed by atoms with Gasteiger partial charge in [0.15, 0.2) is 0 Å². The van der Waals surface area contributed by atoms with Crippen LogP contribution in [0.1, 0.15) is 119 Å². The van der Waals surface area contributed by atoms with E-state index in [-0.39, 0.29) is 28.3 Å². The molecule has 0 aliphatic heterocycles. The summed E-state index contributed by atoms with van der Waals surface area (Å²) in [5.74, 6) is 3.35. The molecule has 9 rings (SSSR count). The second-order valence-corrected chi connectivity index (χ2v) is 20.0. The number of methoxy groups -OCH3 is 2. The van der Waals surface area contributed by atoms with Crippen LogP contribution in [-0.4, -0.2) is 32.5 Å². The molecule has 6 aromatic carbocycles. The van der Waals surface area contributed by atoms with Gasteiger partial charge in [-0.15, -0.1) is 0 Å². The molecule has 1 fully saturated rings. The van der Waals surface area contributed by atoms with E-state index in [2.05, 4.69) is 133 Å². The molecular formula is C57H64O5. The van der Waals surface area contributed by atoms with Crippen molar-refractivity contribution in [1.29, 1.82) is 0 Å². The Morgan fingerprint density at radius 1 is 0.581 bits per heavy atom. The summed E-state index contributed by atoms with van der Waals surface area (Å²) >= 11 is 0. The summed E-state index contributed by atoms with van der Waals surface area (Å²) in [7, 11) is 3.49. The number of fused-ring (bicyclic) bond motifs is 10. The summed E-state index contributed by atoms with van der Waals surface area (Å²) in [6, 6.07) is 38.0. The van der Waals surface area contributed by atoms with Crippen LogP contribution in [0.4, 0.5) is 0 Å². The van der Waals surface area contributed by atoms with Crippen molar-refractivity contribution in [3.05, 3.63) is 142 Å². The molecular weight excluding hydrogens is 765 g/mol. The zero-order chi connectivity index (χ0) is 43.4. The van der Waals surface area contributed by atoms with Crippen LogP contribution in [0.25, 0.3) is 33.0 Å². The minimum atomic E-state index is -0.306. The lowest BCUT2D eigenvalue weighted by Gasteiger charge is -2.53. The Labute approximate surface area is 369 Å². The predicted octanol–water partition coefficient (Wildman–Crippen LogP) is 13.6. The van der Waals surface area contributed by atoms with E-state index in [1.807, 2.05) is 12.1 Å². The highest BCUT2D eigenvalue weighted by molar-refractivity contribution is 6.08. The molecule has 0 unspecified atom stereocenters. The molecule has 0 aromatic heterocycles. The number of aliphatic hydroxyl groups is 1. The van der Waals surface area contributed by atoms with Crippen molar-refractivity contribution in [2.24, 2.45) is 10.8 Å². The highest BCUT2D eigenvalue weighted by Crippen LogP contribution is 2.66. The normalized spacial score (nSPS) is 17.6. The Morgan fingerprint density at radius 3 is 1.76 bits per heavy atom. The quantitative estimate of drug-likeness (QED) is 0.133. The van der Waals surface area contributed by atoms with Crippen molar-refractivity contribution in [3.63, 3.8) is 0 Å². The third kappa shape index (κ3) is 7.05. The average molecular weight is 829 g/mol. The van der Waals surface area contributed by atoms with Gasteiger partial charge in [0.05, 0.1) is 34.0 Å². The fourth-order valence-corrected chi connectivity index (χ4v) is 12.7. The van der Waals surface area contributed by atoms with Gasteiger partial charge in [-0.2, -0.15) is 0 Å². The number of hydrogen-bond donors (Lipinski definition) is 1. The van der Waals surface area contributed by atoms with E-state index >= 15 is 0 Å². The third-order valence-electron chi connectivity index (χ3n) is 14.3. The number of aliphatic hydroxyl groups excluding tert-OH is 1. The molecule has 1 spiro atoms. The molecule has 6 aromatic rings. The van der Waals surface area contributed by atoms with Crippen LogP contribution in [0.3, 0.4) is 0 Å². The molecule has 3 aliphatic carbocycles. The topological polar surface area (TPSA) is 57.2 Å². The number of hydrogen-bond acceptors (Lipinski definition) is 5. The number of ether oxygens (including phenoxy) is 4. The van der Waals surface area contributed by atoms with E-state index in [0.29, 0.717) is 19.0 Å². The molecule has 0 saturated heterocycles. The second kappa shape index (κ2) is 16.1. The molecule has 3 aliphatic rings. The maximum atomic E-state index is 10.1. The maximum absolute atomic E-state index is 10.1. The Kier molecular flexibility index (Phi) is 10.9. The van der Waals surface area contributed by atoms with Crippen molar-refractivity contribution in [1.82, 2.24) is 0 Å². The monoisotopic (exact) mass is 828 g/mol. The fourth-order valence-electron chi connectivity index (χ4n) is 12.7. The van der Waals surface area contributed by atoms with Crippen LogP contribution in [0.15, 0.2) is 103 Å². The van der Waals surface area contributed by atoms with Crippen LogP contribution in [-0.2, 0) is 30.3 Å². The first-order chi connectivity index (χ1) is 29.9. The van der Waals surface area contributed by atoms with Gasteiger partial charge in [-0.05, 0) is 166 Å². The van der Waals surface area contributed by atoms with E-state index in [1.165, 1.54) is 56.1 Å². The van der Waals surface area contributed by atoms with Crippen LogP contribution < -0.4 is 18.9 Å². The van der Waals surface area contributed by atoms with Gasteiger partial charge in [-0.3, -0.25) is 0 Å². The van der Waals surface area contributed by atoms with Crippen molar-refractivity contribution >= 4 is 10.8 Å². The lowest BCUT2D eigenvalue weighted by atomic mass is 9.51. The zero-order valence-electron chi connectivity index (χ0n) is 38.2. The molecule has 0 radical (unpaired) electrons. The first-order valence-corrected chi connectivity index (χ1v) is 22.9. The van der Waals surface area contributed by atoms with Crippen LogP contribution in [0.2, 0.25) is 0 Å². The zero-order valence-corrected chi connectivity index (χ0v) is 38.2. The van der Waals surface area contributed by atoms with Gasteiger partial charge in [-0.1, -0.05) is 102 Å². The molecule has 1 saturated carbocycles. The Morgan fingerprint density at radius 2 is 1.18 bits per heavy atom. The van der Waals surface area contributed by atoms with Gasteiger partial charge in [0.25, 0.3) is 0 Å². The lowest BCUT2D eigenvalue weighted by molar-refractivity contribution is 0.0641. The average Bonchev–Trinajstić information content (AvgIpc) is 3.54. The van der Waals surface area contributed by atoms with Gasteiger partial charge < -0.3 is 24.1 Å². The van der Waals surface area contributed by atoms with Crippen molar-refractivity contribution in [2.45, 2.75) is 110 Å². The molecule has 322 valence electrons. The summed E-state index contributed by atoms with van der Waals surface area (Å²) < 4.78 is 24.7. The highest BCUT2D eigenvalue weighted by atomic mass is 16.5. The third-order valence-corrected chi connectivity index (χ3v) is 14.3. The van der Waals surface area contributed by atoms with Crippen LogP contribution in [0.5, 0.6) is 23.0 Å². The largest absolute Gasteiger partial charge is 0.496 e. The van der Waals surface area contributed by atoms with E-state index < -0.39 is 0 Å². The Balaban J connectivity index is 1.36. The first kappa shape index (κ1) is 42.1. The van der Waals surface area contributed by atoms with Gasteiger partial charge in [0.2, 0.25) is 0 Å². The molecule has 0 bridgehead atoms. The van der Waals surface area contributed by atoms with Crippen LogP contribution >= 0.6 is 0 Å². The van der Waals surface area contributed by atoms with E-state index in [0.717, 1.165) is 78.9 Å². The summed E-state index contributed by atoms with van der Waals surface area (Å²) in [5.41, 5.74) is 13.9. The molecule has 5 heteroatoms. The standard InChI is InChI=1S/C57H64O5/c1-9-27-61-40-20-16-38(17-21-40)56(39-18-22-41(23-19-39)62-28-10-2)26-25-43-48(32-56)45-31-51(60-8)46(42-24-15-37(33-58)29-50(42)59-7)30-47(45)52-44-13-11-12-14-49(44)57(53(43)52)35-54(3,4)34-55(5,6)36-57/h11-24,29-31,58H,9-10,25-28,32-36H2,1-8H3. The lowest BCUT2D eigenvalue weighted by Crippen LogP contribution is -2.45. The fraction of sp³-hybridized carbons (Fsp3) is 0.404. The summed E-state index contributed by atoms with van der Waals surface area (Å²) in [4.78, 5) is 0. The summed E-state index contributed by atoms with van der Waals surface area (Å²) in [6.45, 7) is 15.7. The molecule has 0 heterocycles. The molecule has 62 heavy (non-hydrogen) atoms. The summed E-state index contributed by atoms with van der Waals surface area (Å²) in [5, 5.41) is 12.6. The van der Waals surface area contributed by atoms with E-state index in [9.17, 15) is 5.11 Å². The molecule has 1 N–H and O–H groups in total. The highest BCUT2D eigenvalue weighted by Gasteiger charge is 2.55. The Hall–Kier alpha value is -5.26. The van der Waals surface area contributed by atoms with Crippen molar-refractivity contribution < 1.29 is 24.1 Å². The first-order valence-electron chi connectivity index (χ1n) is 22.9. The van der Waals surface area contributed by atoms with Crippen LogP contribution in [0, 0.1) is 10.8 Å². The minimum Gasteiger partial charge on any atom is -0.496 e.